The number of carboxylic acids is 1. The Morgan fingerprint density at radius 1 is 1.00 bits per heavy atom. The Kier molecular flexibility index (Phi) is 8.36. The highest BCUT2D eigenvalue weighted by Crippen LogP contribution is 2.24. The Balaban J connectivity index is 1.45. The van der Waals surface area contributed by atoms with Crippen molar-refractivity contribution < 1.29 is 23.8 Å². The number of benzene rings is 3. The summed E-state index contributed by atoms with van der Waals surface area (Å²) >= 11 is 0. The third-order valence-corrected chi connectivity index (χ3v) is 6.10. The number of aromatic nitrogens is 1. The van der Waals surface area contributed by atoms with Gasteiger partial charge >= 0.3 is 5.97 Å². The number of carboxylic acid groups (broad SMARTS) is 1. The number of carbonyl (C=O) groups is 2. The second-order valence-electron chi connectivity index (χ2n) is 8.80. The minimum Gasteiger partial charge on any atom is -0.493 e. The largest absolute Gasteiger partial charge is 0.493 e. The van der Waals surface area contributed by atoms with E-state index in [0.717, 1.165) is 22.6 Å². The summed E-state index contributed by atoms with van der Waals surface area (Å²) in [7, 11) is 0. The molecule has 7 nitrogen and oxygen atoms in total. The molecule has 0 aliphatic rings. The second kappa shape index (κ2) is 12.0. The topological polar surface area (TPSA) is 102 Å². The molecule has 4 rings (SSSR count). The average Bonchev–Trinajstić information content (AvgIpc) is 3.29. The fourth-order valence-corrected chi connectivity index (χ4v) is 4.05. The number of aryl methyl sites for hydroxylation is 2. The lowest BCUT2D eigenvalue weighted by molar-refractivity contribution is -0.136. The van der Waals surface area contributed by atoms with E-state index in [-0.39, 0.29) is 24.8 Å². The lowest BCUT2D eigenvalue weighted by Gasteiger charge is -2.17. The molecule has 2 N–H and O–H groups in total. The highest BCUT2D eigenvalue weighted by Gasteiger charge is 2.17. The predicted molar refractivity (Wildman–Crippen MR) is 141 cm³/mol. The van der Waals surface area contributed by atoms with Gasteiger partial charge in [-0.25, -0.2) is 4.98 Å². The molecule has 1 aromatic heterocycles. The van der Waals surface area contributed by atoms with E-state index in [1.54, 1.807) is 18.2 Å². The summed E-state index contributed by atoms with van der Waals surface area (Å²) in [6.45, 7) is 4.13. The highest BCUT2D eigenvalue weighted by atomic mass is 16.5. The number of hydrogen-bond donors (Lipinski definition) is 2. The van der Waals surface area contributed by atoms with Crippen molar-refractivity contribution in [3.05, 3.63) is 107 Å². The van der Waals surface area contributed by atoms with Crippen LogP contribution in [0, 0.1) is 6.92 Å². The molecular weight excluding hydrogens is 468 g/mol. The summed E-state index contributed by atoms with van der Waals surface area (Å²) in [6, 6.07) is 24.4. The zero-order valence-corrected chi connectivity index (χ0v) is 20.9. The first-order valence-corrected chi connectivity index (χ1v) is 12.3. The number of nitrogens with one attached hydrogen (secondary N) is 1. The van der Waals surface area contributed by atoms with E-state index in [9.17, 15) is 9.59 Å². The zero-order chi connectivity index (χ0) is 26.2. The SMILES string of the molecule is Cc1oc(-c2ccccc2)nc1CCOc1ccc(CCC(=O)O)c(C(=O)N[C@H](C)c2ccccc2)c1. The number of oxazole rings is 1. The first-order chi connectivity index (χ1) is 17.9. The van der Waals surface area contributed by atoms with Crippen LogP contribution in [0.25, 0.3) is 11.5 Å². The summed E-state index contributed by atoms with van der Waals surface area (Å²) in [6.07, 6.45) is 0.720. The van der Waals surface area contributed by atoms with Gasteiger partial charge in [0.1, 0.15) is 11.5 Å². The van der Waals surface area contributed by atoms with Crippen molar-refractivity contribution in [2.75, 3.05) is 6.61 Å². The van der Waals surface area contributed by atoms with E-state index >= 15 is 0 Å². The number of aliphatic carboxylic acids is 1. The Morgan fingerprint density at radius 2 is 1.70 bits per heavy atom. The molecule has 0 aliphatic carbocycles. The first-order valence-electron chi connectivity index (χ1n) is 12.3. The van der Waals surface area contributed by atoms with Gasteiger partial charge < -0.3 is 19.6 Å². The fourth-order valence-electron chi connectivity index (χ4n) is 4.05. The van der Waals surface area contributed by atoms with Gasteiger partial charge in [0.2, 0.25) is 5.89 Å². The number of hydrogen-bond acceptors (Lipinski definition) is 5. The molecule has 1 atom stereocenters. The zero-order valence-electron chi connectivity index (χ0n) is 20.9. The van der Waals surface area contributed by atoms with Gasteiger partial charge in [-0.15, -0.1) is 0 Å². The van der Waals surface area contributed by atoms with Crippen molar-refractivity contribution in [1.29, 1.82) is 0 Å². The molecule has 0 saturated carbocycles. The van der Waals surface area contributed by atoms with Gasteiger partial charge in [0.15, 0.2) is 0 Å². The maximum atomic E-state index is 13.2. The normalized spacial score (nSPS) is 11.6. The third kappa shape index (κ3) is 6.85. The molecular formula is C30H30N2O5. The van der Waals surface area contributed by atoms with Crippen molar-refractivity contribution in [2.45, 2.75) is 39.2 Å². The second-order valence-corrected chi connectivity index (χ2v) is 8.80. The molecule has 3 aromatic carbocycles. The molecule has 0 fully saturated rings. The molecule has 1 amide bonds. The summed E-state index contributed by atoms with van der Waals surface area (Å²) in [5, 5.41) is 12.1. The van der Waals surface area contributed by atoms with E-state index in [1.165, 1.54) is 0 Å². The van der Waals surface area contributed by atoms with Crippen LogP contribution in [0.1, 0.15) is 52.3 Å². The lowest BCUT2D eigenvalue weighted by atomic mass is 10.0. The van der Waals surface area contributed by atoms with Crippen molar-refractivity contribution in [2.24, 2.45) is 0 Å². The molecule has 7 heteroatoms. The van der Waals surface area contributed by atoms with Gasteiger partial charge in [0.25, 0.3) is 5.91 Å². The number of rotatable bonds is 11. The van der Waals surface area contributed by atoms with E-state index < -0.39 is 5.97 Å². The van der Waals surface area contributed by atoms with Crippen LogP contribution in [0.4, 0.5) is 0 Å². The van der Waals surface area contributed by atoms with Crippen LogP contribution in [0.5, 0.6) is 5.75 Å². The maximum Gasteiger partial charge on any atom is 0.303 e. The van der Waals surface area contributed by atoms with E-state index in [0.29, 0.717) is 35.8 Å². The summed E-state index contributed by atoms with van der Waals surface area (Å²) < 4.78 is 11.8. The number of carbonyl (C=O) groups excluding carboxylic acids is 1. The van der Waals surface area contributed by atoms with Crippen molar-refractivity contribution >= 4 is 11.9 Å². The van der Waals surface area contributed by atoms with Gasteiger partial charge in [-0.05, 0) is 55.7 Å². The Hall–Kier alpha value is -4.39. The number of nitrogens with zero attached hydrogens (tertiary/aromatic N) is 1. The van der Waals surface area contributed by atoms with E-state index in [1.807, 2.05) is 74.5 Å². The quantitative estimate of drug-likeness (QED) is 0.272. The van der Waals surface area contributed by atoms with Crippen LogP contribution in [-0.2, 0) is 17.6 Å². The van der Waals surface area contributed by atoms with Crippen LogP contribution in [0.3, 0.4) is 0 Å². The number of ether oxygens (including phenoxy) is 1. The fraction of sp³-hybridized carbons (Fsp3) is 0.233. The van der Waals surface area contributed by atoms with E-state index in [2.05, 4.69) is 10.3 Å². The first kappa shape index (κ1) is 25.7. The van der Waals surface area contributed by atoms with Gasteiger partial charge in [0.05, 0.1) is 18.3 Å². The Bertz CT molecular complexity index is 1350. The van der Waals surface area contributed by atoms with Gasteiger partial charge in [-0.1, -0.05) is 54.6 Å². The molecule has 0 aliphatic heterocycles. The molecule has 37 heavy (non-hydrogen) atoms. The summed E-state index contributed by atoms with van der Waals surface area (Å²) in [4.78, 5) is 28.9. The third-order valence-electron chi connectivity index (χ3n) is 6.10. The number of amides is 1. The monoisotopic (exact) mass is 498 g/mol. The van der Waals surface area contributed by atoms with Crippen LogP contribution in [-0.4, -0.2) is 28.6 Å². The molecule has 1 heterocycles. The molecule has 0 spiro atoms. The van der Waals surface area contributed by atoms with Crippen LogP contribution in [0.2, 0.25) is 0 Å². The molecule has 190 valence electrons. The van der Waals surface area contributed by atoms with E-state index in [4.69, 9.17) is 14.3 Å². The van der Waals surface area contributed by atoms with Crippen LogP contribution in [0.15, 0.2) is 83.3 Å². The van der Waals surface area contributed by atoms with Crippen LogP contribution < -0.4 is 10.1 Å². The minimum atomic E-state index is -0.915. The molecule has 0 bridgehead atoms. The lowest BCUT2D eigenvalue weighted by Crippen LogP contribution is -2.27. The van der Waals surface area contributed by atoms with Gasteiger partial charge in [0, 0.05) is 24.0 Å². The molecule has 4 aromatic rings. The molecule has 0 unspecified atom stereocenters. The van der Waals surface area contributed by atoms with Crippen molar-refractivity contribution in [3.63, 3.8) is 0 Å². The molecule has 0 radical (unpaired) electrons. The Labute approximate surface area is 216 Å². The highest BCUT2D eigenvalue weighted by molar-refractivity contribution is 5.96. The maximum absolute atomic E-state index is 13.2. The summed E-state index contributed by atoms with van der Waals surface area (Å²) in [5.74, 6) is 0.647. The summed E-state index contributed by atoms with van der Waals surface area (Å²) in [5.41, 5.74) is 3.77. The molecule has 0 saturated heterocycles. The minimum absolute atomic E-state index is 0.0656. The average molecular weight is 499 g/mol. The van der Waals surface area contributed by atoms with Gasteiger partial charge in [-0.3, -0.25) is 9.59 Å². The van der Waals surface area contributed by atoms with Crippen molar-refractivity contribution in [1.82, 2.24) is 10.3 Å². The standard InChI is InChI=1S/C30H30N2O5/c1-20(22-9-5-3-6-10-22)31-29(35)26-19-25(15-13-23(26)14-16-28(33)34)36-18-17-27-21(2)37-30(32-27)24-11-7-4-8-12-24/h3-13,15,19-20H,14,16-18H2,1-2H3,(H,31,35)(H,33,34)/t20-/m1/s1. The Morgan fingerprint density at radius 3 is 2.41 bits per heavy atom. The van der Waals surface area contributed by atoms with Gasteiger partial charge in [-0.2, -0.15) is 0 Å². The van der Waals surface area contributed by atoms with Crippen LogP contribution >= 0.6 is 0 Å². The van der Waals surface area contributed by atoms with Crippen molar-refractivity contribution in [3.8, 4) is 17.2 Å². The predicted octanol–water partition coefficient (Wildman–Crippen LogP) is 5.78. The smallest absolute Gasteiger partial charge is 0.303 e.